The molecule has 0 spiro atoms. The van der Waals surface area contributed by atoms with E-state index in [4.69, 9.17) is 133 Å². The zero-order valence-electron chi connectivity index (χ0n) is 62.8. The number of halogens is 17. The predicted molar refractivity (Wildman–Crippen MR) is 476 cm³/mol. The van der Waals surface area contributed by atoms with Crippen molar-refractivity contribution in [3.05, 3.63) is 7.43 Å². The molecule has 0 aromatic heterocycles. The van der Waals surface area contributed by atoms with Gasteiger partial charge in [0, 0.05) is 77.3 Å². The first kappa shape index (κ1) is 172. The summed E-state index contributed by atoms with van der Waals surface area (Å²) in [5.41, 5.74) is 0. The van der Waals surface area contributed by atoms with Crippen LogP contribution in [0.25, 0.3) is 0 Å². The molecule has 0 aliphatic carbocycles. The number of nitrogens with zero attached hydrogens (tertiary/aromatic N) is 10. The van der Waals surface area contributed by atoms with Crippen molar-refractivity contribution in [2.75, 3.05) is 0 Å². The van der Waals surface area contributed by atoms with Gasteiger partial charge in [-0.1, -0.05) is 104 Å². The zero-order chi connectivity index (χ0) is 79.0. The molecule has 628 valence electrons. The minimum atomic E-state index is -5.35. The van der Waals surface area contributed by atoms with Gasteiger partial charge in [0.15, 0.2) is 14.8 Å². The number of unbranched alkanes of at least 4 members (excludes halogenated alkanes) is 8. The van der Waals surface area contributed by atoms with Gasteiger partial charge in [0.2, 0.25) is 31.9 Å². The quantitative estimate of drug-likeness (QED) is 0.0213. The summed E-state index contributed by atoms with van der Waals surface area (Å²) >= 11 is 40.4. The van der Waals surface area contributed by atoms with Crippen molar-refractivity contribution in [1.29, 1.82) is 52.6 Å². The van der Waals surface area contributed by atoms with Crippen LogP contribution >= 0.6 is 77.6 Å². The Morgan fingerprint density at radius 1 is 0.327 bits per heavy atom. The zero-order valence-corrected chi connectivity index (χ0v) is 85.5. The molecule has 0 radical (unpaired) electrons. The third kappa shape index (κ3) is 279. The van der Waals surface area contributed by atoms with Crippen molar-refractivity contribution in [3.63, 3.8) is 0 Å². The molecule has 0 amide bonds. The predicted octanol–water partition coefficient (Wildman–Crippen LogP) is 26.9. The van der Waals surface area contributed by atoms with Crippen LogP contribution in [0.5, 0.6) is 0 Å². The van der Waals surface area contributed by atoms with Gasteiger partial charge in [-0.25, -0.2) is 12.3 Å². The molecule has 2 atom stereocenters. The first-order valence-electron chi connectivity index (χ1n) is 31.1. The van der Waals surface area contributed by atoms with Gasteiger partial charge in [0.05, 0.1) is 60.7 Å². The molecule has 42 heteroatoms. The molecule has 0 aliphatic heterocycles. The fourth-order valence-corrected chi connectivity index (χ4v) is 17.4. The van der Waals surface area contributed by atoms with Gasteiger partial charge in [-0.3, -0.25) is 12.9 Å². The second-order valence-corrected chi connectivity index (χ2v) is 79.1. The van der Waals surface area contributed by atoms with E-state index < -0.39 is 84.6 Å². The van der Waals surface area contributed by atoms with Gasteiger partial charge in [0.25, 0.3) is 0 Å². The Balaban J connectivity index is -0.0000000343. The van der Waals surface area contributed by atoms with E-state index in [0.29, 0.717) is 75.5 Å². The molecule has 0 bridgehead atoms. The van der Waals surface area contributed by atoms with Crippen molar-refractivity contribution >= 4 is 251 Å². The summed E-state index contributed by atoms with van der Waals surface area (Å²) in [5.74, 6) is 0.188. The van der Waals surface area contributed by atoms with Crippen LogP contribution in [0.4, 0.5) is 37.6 Å². The van der Waals surface area contributed by atoms with Crippen LogP contribution in [-0.2, 0) is 2.87 Å². The van der Waals surface area contributed by atoms with E-state index in [-0.39, 0.29) is 213 Å². The summed E-state index contributed by atoms with van der Waals surface area (Å²) < 4.78 is 114. The number of nitriles is 10. The monoisotopic (exact) mass is 1970 g/mol. The topological polar surface area (TPSA) is 272 Å². The van der Waals surface area contributed by atoms with Crippen LogP contribution in [0.2, 0.25) is 159 Å². The average Bonchev–Trinajstić information content (AvgIpc) is 2.08. The van der Waals surface area contributed by atoms with Crippen molar-refractivity contribution in [2.45, 2.75) is 340 Å². The summed E-state index contributed by atoms with van der Waals surface area (Å²) in [7, 11) is -19.9. The van der Waals surface area contributed by atoms with Crippen molar-refractivity contribution in [3.8, 4) is 60.7 Å². The van der Waals surface area contributed by atoms with Crippen LogP contribution in [-0.4, -0.2) is 173 Å². The summed E-state index contributed by atoms with van der Waals surface area (Å²) in [6, 6.07) is 23.6. The molecular weight excluding hydrogens is 1840 g/mol. The maximum atomic E-state index is 12.9. The SMILES string of the molecule is C.C.C.C.C.C.C.CC(C#N)CC[Si](C)(C)Cl.CC(C#N)CC[Si](C)(C)F.C[Si](C)(C)CCCC#N.C[Si](C)(Cl)CCCC#N.C[Si](C)(F)CCCC#N.C[Si](C)(F)CCCC#N.C[Si](Cl)(Cl)CCCC#N.C[Si](F)(F)CCCC#N.F.N#CCCC[Si](Cl)(Cl)Cl.N#CCCC[Si](F)(F)F.[Br-].[CH3-].[Mg+2].[O]=[Ca].[O]=[Ca]. The van der Waals surface area contributed by atoms with Crippen LogP contribution < -0.4 is 17.0 Å². The van der Waals surface area contributed by atoms with Crippen LogP contribution in [0, 0.1) is 133 Å². The number of rotatable bonds is 30. The van der Waals surface area contributed by atoms with E-state index in [2.05, 4.69) is 70.1 Å². The van der Waals surface area contributed by atoms with E-state index in [1.807, 2.05) is 50.7 Å². The summed E-state index contributed by atoms with van der Waals surface area (Å²) in [6.07, 6.45) is 10.8. The van der Waals surface area contributed by atoms with E-state index in [0.717, 1.165) is 69.6 Å². The Morgan fingerprint density at radius 3 is 0.720 bits per heavy atom. The van der Waals surface area contributed by atoms with Gasteiger partial charge >= 0.3 is 122 Å². The van der Waals surface area contributed by atoms with E-state index >= 15 is 0 Å². The molecule has 0 N–H and O–H groups in total. The molecule has 0 aromatic carbocycles. The first-order chi connectivity index (χ1) is 43.4. The second-order valence-electron chi connectivity index (χ2n) is 25.8. The fourth-order valence-electron chi connectivity index (χ4n) is 5.40. The Labute approximate surface area is 771 Å². The molecule has 0 aromatic rings. The van der Waals surface area contributed by atoms with Gasteiger partial charge in [-0.15, -0.1) is 55.4 Å². The molecule has 0 aliphatic rings. The molecule has 107 heavy (non-hydrogen) atoms. The molecule has 0 saturated carbocycles. The summed E-state index contributed by atoms with van der Waals surface area (Å²) in [5, 5.41) is 81.5. The normalized spacial score (nSPS) is 10.1. The van der Waals surface area contributed by atoms with Gasteiger partial charge < -0.3 is 36.7 Å². The number of hydrogen-bond acceptors (Lipinski definition) is 12. The summed E-state index contributed by atoms with van der Waals surface area (Å²) in [6.45, 7) is 30.2. The average molecular weight is 1980 g/mol. The molecule has 2 unspecified atom stereocenters. The van der Waals surface area contributed by atoms with Gasteiger partial charge in [-0.05, 0) is 179 Å². The van der Waals surface area contributed by atoms with E-state index in [1.165, 1.54) is 6.04 Å². The van der Waals surface area contributed by atoms with Gasteiger partial charge in [0.1, 0.15) is 0 Å². The van der Waals surface area contributed by atoms with Crippen LogP contribution in [0.3, 0.4) is 0 Å². The van der Waals surface area contributed by atoms with Crippen molar-refractivity contribution in [2.24, 2.45) is 11.8 Å². The third-order valence-electron chi connectivity index (χ3n) is 10.5. The Hall–Kier alpha value is 1.83. The Bertz CT molecular complexity index is 1900. The minimum absolute atomic E-state index is 0. The fraction of sp³-hybridized carbons (Fsp3) is 0.831. The Morgan fingerprint density at radius 2 is 0.533 bits per heavy atom. The summed E-state index contributed by atoms with van der Waals surface area (Å²) in [4.78, 5) is 0. The van der Waals surface area contributed by atoms with E-state index in [9.17, 15) is 32.9 Å². The van der Waals surface area contributed by atoms with Crippen LogP contribution in [0.1, 0.15) is 181 Å². The van der Waals surface area contributed by atoms with Gasteiger partial charge in [-0.2, -0.15) is 74.8 Å². The molecule has 0 saturated heterocycles. The molecule has 0 heterocycles. The Kier molecular flexibility index (Phi) is 176. The third-order valence-corrected chi connectivity index (χ3v) is 28.2. The molecule has 0 rings (SSSR count). The van der Waals surface area contributed by atoms with Crippen molar-refractivity contribution in [1.82, 2.24) is 0 Å². The standard InChI is InChI=1S/C7H14ClNSi.C7H14FNSi.C7H15NSi.C6H12ClNSi.2C6H12FNSi.C5H9Cl2NSi.C5H9F2NSi.C4H6Cl3NSi.C4H6F3NSi.7CH4.CH3.BrH.2Ca.FH.Mg.2O/c2*1-7(6-9)4-5-10(2,3)8;1-9(2,3)7-5-4-6-8;3*1-9(2,7)6-4-3-5-8;2*1-9(6,7)5-3-2-4-8;2*5-9(6,7)4-2-1-3-8;;;;;;;;;;;;;;;/h2*7H,4-5H2,1-3H3;4-5,7H2,1-3H3;3*3-4,6H2,1-2H3;2*2-3,5H2,1H3;2*1-2,4H2;7*1H4;1H3;1H;;;1H;;;/q;;;;;;;;;;;;;;;;;-1;;;;;+2;;/p-1. The second kappa shape index (κ2) is 110. The van der Waals surface area contributed by atoms with Crippen LogP contribution in [0.15, 0.2) is 0 Å². The molecular formula is C65H141BrCa2Cl7F9MgN10O2Si10. The maximum absolute atomic E-state index is 12.9. The van der Waals surface area contributed by atoms with Crippen molar-refractivity contribution < 1.29 is 57.4 Å². The molecule has 0 fully saturated rings. The number of hydrogen-bond donors (Lipinski definition) is 0. The van der Waals surface area contributed by atoms with E-state index in [1.54, 1.807) is 45.4 Å². The molecule has 12 nitrogen and oxygen atoms in total. The first-order valence-corrected chi connectivity index (χ1v) is 68.5.